The van der Waals surface area contributed by atoms with Gasteiger partial charge in [-0.3, -0.25) is 0 Å². The molecule has 4 heteroatoms. The van der Waals surface area contributed by atoms with E-state index in [1.165, 1.54) is 11.1 Å². The Balaban J connectivity index is 1.56. The second kappa shape index (κ2) is 11.7. The highest BCUT2D eigenvalue weighted by Crippen LogP contribution is 2.56. The third-order valence-corrected chi connectivity index (χ3v) is 15.0. The zero-order valence-corrected chi connectivity index (χ0v) is 25.0. The largest absolute Gasteiger partial charge is 0.313 e. The van der Waals surface area contributed by atoms with Crippen molar-refractivity contribution in [3.63, 3.8) is 0 Å². The molecule has 0 saturated heterocycles. The van der Waals surface area contributed by atoms with Crippen LogP contribution in [0, 0.1) is 5.92 Å². The van der Waals surface area contributed by atoms with Gasteiger partial charge in [-0.1, -0.05) is 158 Å². The molecule has 2 atom stereocenters. The summed E-state index contributed by atoms with van der Waals surface area (Å²) in [6, 6.07) is 48.0. The van der Waals surface area contributed by atoms with Gasteiger partial charge in [0.2, 0.25) is 0 Å². The number of fused-ring (bicyclic) bond motifs is 1. The van der Waals surface area contributed by atoms with Crippen molar-refractivity contribution in [1.29, 1.82) is 0 Å². The van der Waals surface area contributed by atoms with Gasteiger partial charge in [0.25, 0.3) is 0 Å². The summed E-state index contributed by atoms with van der Waals surface area (Å²) in [5.41, 5.74) is 3.44. The fraction of sp³-hybridized carbons (Fsp3) is 0.135. The van der Waals surface area contributed by atoms with Gasteiger partial charge in [0.05, 0.1) is 0 Å². The van der Waals surface area contributed by atoms with E-state index in [9.17, 15) is 0 Å². The molecule has 1 aliphatic rings. The van der Waals surface area contributed by atoms with Crippen LogP contribution in [0.25, 0.3) is 0 Å². The minimum atomic E-state index is -3.13. The molecular weight excluding hydrogens is 538 g/mol. The summed E-state index contributed by atoms with van der Waals surface area (Å²) in [4.78, 5) is 0. The molecule has 41 heavy (non-hydrogen) atoms. The van der Waals surface area contributed by atoms with E-state index in [1.807, 2.05) is 121 Å². The minimum absolute atomic E-state index is 0.0445. The second-order valence-corrected chi connectivity index (χ2v) is 16.6. The molecule has 0 N–H and O–H groups in total. The maximum absolute atomic E-state index is 15.5. The number of hydrogen-bond donors (Lipinski definition) is 0. The normalized spacial score (nSPS) is 17.1. The van der Waals surface area contributed by atoms with E-state index in [-0.39, 0.29) is 11.6 Å². The Hall–Kier alpha value is -3.70. The fourth-order valence-electron chi connectivity index (χ4n) is 6.27. The molecule has 0 heterocycles. The van der Waals surface area contributed by atoms with Crippen LogP contribution in [0.5, 0.6) is 0 Å². The van der Waals surface area contributed by atoms with Gasteiger partial charge in [0, 0.05) is 26.9 Å². The van der Waals surface area contributed by atoms with E-state index in [2.05, 4.69) is 37.0 Å². The summed E-state index contributed by atoms with van der Waals surface area (Å²) >= 11 is 0. The van der Waals surface area contributed by atoms with Gasteiger partial charge in [0.1, 0.15) is 7.14 Å². The van der Waals surface area contributed by atoms with Crippen molar-refractivity contribution in [3.8, 4) is 0 Å². The highest BCUT2D eigenvalue weighted by molar-refractivity contribution is 7.81. The van der Waals surface area contributed by atoms with Gasteiger partial charge in [-0.15, -0.1) is 0 Å². The van der Waals surface area contributed by atoms with Gasteiger partial charge >= 0.3 is 0 Å². The molecule has 0 fully saturated rings. The predicted molar refractivity (Wildman–Crippen MR) is 174 cm³/mol. The average molecular weight is 573 g/mol. The molecule has 0 aromatic heterocycles. The molecule has 5 aromatic carbocycles. The second-order valence-electron chi connectivity index (χ2n) is 10.9. The van der Waals surface area contributed by atoms with Crippen LogP contribution in [-0.4, -0.2) is 5.66 Å². The zero-order valence-electron chi connectivity index (χ0n) is 23.2. The van der Waals surface area contributed by atoms with Crippen LogP contribution in [-0.2, 0) is 22.0 Å². The lowest BCUT2D eigenvalue weighted by Crippen LogP contribution is -2.34. The summed E-state index contributed by atoms with van der Waals surface area (Å²) in [5, 5.41) is 3.37. The topological polar surface area (TPSA) is 34.1 Å². The van der Waals surface area contributed by atoms with E-state index < -0.39 is 14.3 Å². The first-order valence-corrected chi connectivity index (χ1v) is 17.8. The summed E-state index contributed by atoms with van der Waals surface area (Å²) in [5.74, 6) is 2.02. The molecule has 0 bridgehead atoms. The van der Waals surface area contributed by atoms with Gasteiger partial charge in [0.15, 0.2) is 7.14 Å². The first-order chi connectivity index (χ1) is 20.0. The van der Waals surface area contributed by atoms with Crippen LogP contribution in [0.1, 0.15) is 18.1 Å². The third-order valence-electron chi connectivity index (χ3n) is 8.49. The van der Waals surface area contributed by atoms with Crippen LogP contribution < -0.4 is 21.2 Å². The summed E-state index contributed by atoms with van der Waals surface area (Å²) < 4.78 is 30.7. The van der Waals surface area contributed by atoms with Crippen LogP contribution in [0.4, 0.5) is 0 Å². The highest BCUT2D eigenvalue weighted by atomic mass is 31.2. The van der Waals surface area contributed by atoms with Gasteiger partial charge in [-0.05, 0) is 35.7 Å². The van der Waals surface area contributed by atoms with E-state index in [1.54, 1.807) is 0 Å². The van der Waals surface area contributed by atoms with E-state index in [0.717, 1.165) is 33.2 Å². The molecule has 0 aliphatic heterocycles. The highest BCUT2D eigenvalue weighted by Gasteiger charge is 2.42. The standard InChI is InChI=1S/C37H34O2P2/c1-29(41(39,35-22-10-4-11-23-35)36-24-12-5-13-25-36)37-27-31-17-15-14-16-30(31)26-32(37)28-40(38,33-18-6-2-7-19-33)34-20-8-3-9-21-34/h2-25,28-29,37H,26-27H2,1H3/b32-28-/t29-,37?/m0/s1. The van der Waals surface area contributed by atoms with Crippen molar-refractivity contribution >= 4 is 35.5 Å². The molecule has 0 saturated carbocycles. The lowest BCUT2D eigenvalue weighted by molar-refractivity contribution is 0.524. The van der Waals surface area contributed by atoms with Crippen LogP contribution >= 0.6 is 14.3 Å². The maximum atomic E-state index is 15.5. The first kappa shape index (κ1) is 27.5. The molecule has 204 valence electrons. The van der Waals surface area contributed by atoms with Crippen molar-refractivity contribution < 1.29 is 9.13 Å². The van der Waals surface area contributed by atoms with E-state index in [4.69, 9.17) is 0 Å². The molecular formula is C37H34O2P2. The number of benzene rings is 5. The first-order valence-electron chi connectivity index (χ1n) is 14.2. The van der Waals surface area contributed by atoms with Crippen molar-refractivity contribution in [1.82, 2.24) is 0 Å². The summed E-state index contributed by atoms with van der Waals surface area (Å²) in [6.07, 6.45) is 1.45. The van der Waals surface area contributed by atoms with E-state index in [0.29, 0.717) is 6.42 Å². The van der Waals surface area contributed by atoms with Crippen LogP contribution in [0.15, 0.2) is 157 Å². The fourth-order valence-corrected chi connectivity index (χ4v) is 12.1. The number of hydrogen-bond acceptors (Lipinski definition) is 2. The summed E-state index contributed by atoms with van der Waals surface area (Å²) in [7, 11) is -6.20. The molecule has 0 radical (unpaired) electrons. The van der Waals surface area contributed by atoms with Crippen LogP contribution in [0.3, 0.4) is 0 Å². The van der Waals surface area contributed by atoms with Crippen molar-refractivity contribution in [2.75, 3.05) is 0 Å². The smallest absolute Gasteiger partial charge is 0.164 e. The lowest BCUT2D eigenvalue weighted by Gasteiger charge is -2.37. The molecule has 0 spiro atoms. The predicted octanol–water partition coefficient (Wildman–Crippen LogP) is 7.70. The van der Waals surface area contributed by atoms with Crippen molar-refractivity contribution in [2.45, 2.75) is 25.4 Å². The Bertz CT molecular complexity index is 1660. The van der Waals surface area contributed by atoms with Gasteiger partial charge in [-0.2, -0.15) is 0 Å². The Morgan fingerprint density at radius 3 is 1.41 bits per heavy atom. The lowest BCUT2D eigenvalue weighted by atomic mass is 9.79. The Morgan fingerprint density at radius 2 is 0.951 bits per heavy atom. The van der Waals surface area contributed by atoms with Gasteiger partial charge in [-0.25, -0.2) is 0 Å². The minimum Gasteiger partial charge on any atom is -0.313 e. The molecule has 1 unspecified atom stereocenters. The Labute approximate surface area is 243 Å². The van der Waals surface area contributed by atoms with E-state index >= 15 is 9.13 Å². The molecule has 6 rings (SSSR count). The monoisotopic (exact) mass is 572 g/mol. The quantitative estimate of drug-likeness (QED) is 0.187. The average Bonchev–Trinajstić information content (AvgIpc) is 3.05. The molecule has 5 aromatic rings. The van der Waals surface area contributed by atoms with Gasteiger partial charge < -0.3 is 9.13 Å². The number of allylic oxidation sites excluding steroid dienone is 1. The molecule has 2 nitrogen and oxygen atoms in total. The Morgan fingerprint density at radius 1 is 0.561 bits per heavy atom. The van der Waals surface area contributed by atoms with Crippen molar-refractivity contribution in [3.05, 3.63) is 168 Å². The zero-order chi connectivity index (χ0) is 28.3. The molecule has 1 aliphatic carbocycles. The maximum Gasteiger partial charge on any atom is 0.164 e. The van der Waals surface area contributed by atoms with Crippen molar-refractivity contribution in [2.24, 2.45) is 5.92 Å². The van der Waals surface area contributed by atoms with Crippen LogP contribution in [0.2, 0.25) is 0 Å². The third kappa shape index (κ3) is 5.24. The molecule has 0 amide bonds. The SMILES string of the molecule is C[C@@H](C1Cc2ccccc2C/C1=C/P(=O)(c1ccccc1)c1ccccc1)P(=O)(c1ccccc1)c1ccccc1. The Kier molecular flexibility index (Phi) is 7.81. The summed E-state index contributed by atoms with van der Waals surface area (Å²) in [6.45, 7) is 2.14. The number of rotatable bonds is 7.